The van der Waals surface area contributed by atoms with Gasteiger partial charge in [-0.25, -0.2) is 0 Å². The number of carbonyl (C=O) groups is 4. The van der Waals surface area contributed by atoms with Gasteiger partial charge in [-0.15, -0.1) is 13.2 Å². The number of aliphatic hydroxyl groups excluding tert-OH is 1. The molecule has 3 fully saturated rings. The first-order chi connectivity index (χ1) is 22.5. The van der Waals surface area contributed by atoms with Crippen LogP contribution < -0.4 is 5.32 Å². The van der Waals surface area contributed by atoms with E-state index >= 15 is 0 Å². The van der Waals surface area contributed by atoms with Crippen LogP contribution in [-0.2, 0) is 33.4 Å². The second kappa shape index (κ2) is 15.6. The Labute approximate surface area is 278 Å². The van der Waals surface area contributed by atoms with Crippen molar-refractivity contribution in [2.24, 2.45) is 17.8 Å². The molecule has 1 spiro atoms. The van der Waals surface area contributed by atoms with Crippen molar-refractivity contribution in [1.29, 1.82) is 0 Å². The Hall–Kier alpha value is -3.54. The molecule has 1 aromatic carbocycles. The van der Waals surface area contributed by atoms with E-state index in [1.807, 2.05) is 45.9 Å². The zero-order valence-corrected chi connectivity index (χ0v) is 28.3. The van der Waals surface area contributed by atoms with Gasteiger partial charge in [0.25, 0.3) is 0 Å². The Kier molecular flexibility index (Phi) is 12.0. The number of likely N-dealkylation sites (tertiary alicyclic amines) is 1. The van der Waals surface area contributed by atoms with Crippen LogP contribution in [0.3, 0.4) is 0 Å². The SMILES string of the molecule is C=CCCC(=O)N[C@@H](COC)[C@@H](OC(=O)[C@@H]1[C@@H]2CC[C@]3(O2)[C@H](C(=O)N(CC=C)C(C)C)N([C@@H](CO)C(C)C)C(=O)[C@@H]13)c1ccccc1. The van der Waals surface area contributed by atoms with Crippen molar-refractivity contribution in [1.82, 2.24) is 15.1 Å². The second-order valence-corrected chi connectivity index (χ2v) is 13.4. The molecule has 1 aromatic rings. The molecule has 0 radical (unpaired) electrons. The Morgan fingerprint density at radius 2 is 1.87 bits per heavy atom. The van der Waals surface area contributed by atoms with Crippen LogP contribution >= 0.6 is 0 Å². The summed E-state index contributed by atoms with van der Waals surface area (Å²) >= 11 is 0. The van der Waals surface area contributed by atoms with Gasteiger partial charge in [0, 0.05) is 26.1 Å². The van der Waals surface area contributed by atoms with Crippen LogP contribution in [0.15, 0.2) is 55.6 Å². The van der Waals surface area contributed by atoms with Crippen molar-refractivity contribution in [2.75, 3.05) is 26.9 Å². The van der Waals surface area contributed by atoms with E-state index in [9.17, 15) is 24.3 Å². The van der Waals surface area contributed by atoms with Gasteiger partial charge in [-0.2, -0.15) is 0 Å². The van der Waals surface area contributed by atoms with Crippen LogP contribution in [0, 0.1) is 17.8 Å². The van der Waals surface area contributed by atoms with Crippen molar-refractivity contribution in [3.63, 3.8) is 0 Å². The number of aliphatic hydroxyl groups is 1. The minimum absolute atomic E-state index is 0.0643. The van der Waals surface area contributed by atoms with E-state index in [0.29, 0.717) is 24.8 Å². The molecule has 3 aliphatic heterocycles. The first-order valence-electron chi connectivity index (χ1n) is 16.6. The number of rotatable bonds is 17. The number of nitrogens with one attached hydrogen (secondary N) is 1. The molecule has 2 bridgehead atoms. The van der Waals surface area contributed by atoms with Crippen LogP contribution in [0.1, 0.15) is 65.0 Å². The number of hydrogen-bond donors (Lipinski definition) is 2. The van der Waals surface area contributed by atoms with Gasteiger partial charge in [-0.1, -0.05) is 56.3 Å². The summed E-state index contributed by atoms with van der Waals surface area (Å²) in [6.07, 6.45) is 3.31. The van der Waals surface area contributed by atoms with Crippen molar-refractivity contribution in [3.8, 4) is 0 Å². The highest BCUT2D eigenvalue weighted by Crippen LogP contribution is 2.59. The standard InChI is InChI=1S/C36H51N3O8/c1-8-10-16-28(41)37-25(21-45-7)31(24-14-12-11-13-15-24)46-35(44)29-27-17-18-36(47-27)30(29)33(42)39(26(20-40)22(3)4)32(36)34(43)38(19-9-2)23(5)6/h8-9,11-15,22-23,25-27,29-32,40H,1-2,10,16-21H2,3-7H3,(H,37,41)/t25-,26-,27-,29+,30+,31-,32-,36+/m0/s1. The van der Waals surface area contributed by atoms with E-state index < -0.39 is 59.6 Å². The Morgan fingerprint density at radius 1 is 1.17 bits per heavy atom. The smallest absolute Gasteiger partial charge is 0.313 e. The maximum atomic E-state index is 14.5. The summed E-state index contributed by atoms with van der Waals surface area (Å²) < 4.78 is 18.3. The van der Waals surface area contributed by atoms with Crippen molar-refractivity contribution >= 4 is 23.7 Å². The number of benzene rings is 1. The third kappa shape index (κ3) is 7.03. The van der Waals surface area contributed by atoms with E-state index in [-0.39, 0.29) is 50.0 Å². The van der Waals surface area contributed by atoms with Crippen molar-refractivity contribution in [2.45, 2.75) is 95.4 Å². The normalized spacial score (nSPS) is 26.6. The van der Waals surface area contributed by atoms with E-state index in [1.54, 1.807) is 29.2 Å². The Bertz CT molecular complexity index is 1300. The molecule has 47 heavy (non-hydrogen) atoms. The van der Waals surface area contributed by atoms with Crippen LogP contribution in [0.2, 0.25) is 0 Å². The average molecular weight is 654 g/mol. The number of allylic oxidation sites excluding steroid dienone is 1. The molecule has 11 heteroatoms. The van der Waals surface area contributed by atoms with Crippen molar-refractivity contribution < 1.29 is 38.5 Å². The van der Waals surface area contributed by atoms with Gasteiger partial charge in [-0.3, -0.25) is 19.2 Å². The molecule has 11 nitrogen and oxygen atoms in total. The van der Waals surface area contributed by atoms with Gasteiger partial charge >= 0.3 is 5.97 Å². The summed E-state index contributed by atoms with van der Waals surface area (Å²) in [7, 11) is 1.50. The number of hydrogen-bond acceptors (Lipinski definition) is 8. The summed E-state index contributed by atoms with van der Waals surface area (Å²) in [6, 6.07) is 6.48. The van der Waals surface area contributed by atoms with Crippen LogP contribution in [0.25, 0.3) is 0 Å². The van der Waals surface area contributed by atoms with E-state index in [1.165, 1.54) is 12.0 Å². The molecule has 3 saturated heterocycles. The molecule has 0 aliphatic carbocycles. The van der Waals surface area contributed by atoms with Gasteiger partial charge in [-0.05, 0) is 44.6 Å². The molecule has 3 heterocycles. The number of esters is 1. The topological polar surface area (TPSA) is 135 Å². The zero-order chi connectivity index (χ0) is 34.5. The maximum Gasteiger partial charge on any atom is 0.313 e. The molecule has 8 atom stereocenters. The molecule has 0 aromatic heterocycles. The molecule has 2 N–H and O–H groups in total. The lowest BCUT2D eigenvalue weighted by Gasteiger charge is -2.41. The first-order valence-corrected chi connectivity index (χ1v) is 16.6. The van der Waals surface area contributed by atoms with Crippen LogP contribution in [-0.4, -0.2) is 101 Å². The Morgan fingerprint density at radius 3 is 2.45 bits per heavy atom. The van der Waals surface area contributed by atoms with Gasteiger partial charge in [0.05, 0.1) is 43.2 Å². The van der Waals surface area contributed by atoms with E-state index in [0.717, 1.165) is 0 Å². The molecular weight excluding hydrogens is 602 g/mol. The maximum absolute atomic E-state index is 14.5. The van der Waals surface area contributed by atoms with Crippen LogP contribution in [0.5, 0.6) is 0 Å². The lowest BCUT2D eigenvalue weighted by molar-refractivity contribution is -0.164. The number of carbonyl (C=O) groups excluding carboxylic acids is 4. The van der Waals surface area contributed by atoms with E-state index in [2.05, 4.69) is 18.5 Å². The number of fused-ring (bicyclic) bond motifs is 1. The fraction of sp³-hybridized carbons (Fsp3) is 0.611. The average Bonchev–Trinajstić information content (AvgIpc) is 3.69. The molecule has 258 valence electrons. The lowest BCUT2D eigenvalue weighted by Crippen LogP contribution is -2.60. The second-order valence-electron chi connectivity index (χ2n) is 13.4. The fourth-order valence-electron chi connectivity index (χ4n) is 7.59. The summed E-state index contributed by atoms with van der Waals surface area (Å²) in [5, 5.41) is 13.4. The highest BCUT2D eigenvalue weighted by atomic mass is 16.6. The van der Waals surface area contributed by atoms with Gasteiger partial charge in [0.1, 0.15) is 17.7 Å². The predicted molar refractivity (Wildman–Crippen MR) is 176 cm³/mol. The van der Waals surface area contributed by atoms with Crippen molar-refractivity contribution in [3.05, 3.63) is 61.2 Å². The Balaban J connectivity index is 1.73. The highest BCUT2D eigenvalue weighted by Gasteiger charge is 2.76. The third-order valence-corrected chi connectivity index (χ3v) is 9.80. The largest absolute Gasteiger partial charge is 0.455 e. The summed E-state index contributed by atoms with van der Waals surface area (Å²) in [6.45, 7) is 15.1. The fourth-order valence-corrected chi connectivity index (χ4v) is 7.59. The summed E-state index contributed by atoms with van der Waals surface area (Å²) in [5.74, 6) is -3.72. The quantitative estimate of drug-likeness (QED) is 0.194. The monoisotopic (exact) mass is 653 g/mol. The molecule has 0 saturated carbocycles. The molecule has 3 aliphatic rings. The molecule has 0 unspecified atom stereocenters. The van der Waals surface area contributed by atoms with Gasteiger partial charge in [0.15, 0.2) is 0 Å². The predicted octanol–water partition coefficient (Wildman–Crippen LogP) is 3.18. The van der Waals surface area contributed by atoms with Crippen LogP contribution in [0.4, 0.5) is 0 Å². The van der Waals surface area contributed by atoms with Gasteiger partial charge in [0.2, 0.25) is 17.7 Å². The number of methoxy groups -OCH3 is 1. The first kappa shape index (κ1) is 36.3. The zero-order valence-electron chi connectivity index (χ0n) is 28.3. The highest BCUT2D eigenvalue weighted by molar-refractivity contribution is 5.98. The minimum atomic E-state index is -1.26. The van der Waals surface area contributed by atoms with Gasteiger partial charge < -0.3 is 34.4 Å². The third-order valence-electron chi connectivity index (χ3n) is 9.80. The summed E-state index contributed by atoms with van der Waals surface area (Å²) in [4.78, 5) is 59.3. The minimum Gasteiger partial charge on any atom is -0.455 e. The number of nitrogens with zero attached hydrogens (tertiary/aromatic N) is 2. The van der Waals surface area contributed by atoms with E-state index in [4.69, 9.17) is 14.2 Å². The number of amides is 3. The summed E-state index contributed by atoms with van der Waals surface area (Å²) in [5.41, 5.74) is -0.609. The number of ether oxygens (including phenoxy) is 3. The molecular formula is C36H51N3O8. The molecule has 4 rings (SSSR count). The lowest BCUT2D eigenvalue weighted by atomic mass is 9.70. The molecule has 3 amide bonds.